The average molecular weight is 641 g/mol. The number of nitrogens with zero attached hydrogens (tertiary/aromatic N) is 6. The zero-order valence-corrected chi connectivity index (χ0v) is 27.5. The van der Waals surface area contributed by atoms with Crippen molar-refractivity contribution in [3.05, 3.63) is 110 Å². The van der Waals surface area contributed by atoms with Gasteiger partial charge in [0.15, 0.2) is 0 Å². The third-order valence-corrected chi connectivity index (χ3v) is 9.08. The molecule has 232 valence electrons. The van der Waals surface area contributed by atoms with Crippen LogP contribution in [0.15, 0.2) is 71.1 Å². The van der Waals surface area contributed by atoms with Gasteiger partial charge < -0.3 is 20.9 Å². The largest absolute Gasteiger partial charge is 0.382 e. The minimum atomic E-state index is -0.349. The number of rotatable bonds is 12. The molecule has 3 N–H and O–H groups in total. The number of aryl methyl sites for hydroxylation is 1. The fourth-order valence-electron chi connectivity index (χ4n) is 5.56. The van der Waals surface area contributed by atoms with E-state index < -0.39 is 0 Å². The second-order valence-corrected chi connectivity index (χ2v) is 12.8. The van der Waals surface area contributed by atoms with Gasteiger partial charge in [0.05, 0.1) is 11.6 Å². The van der Waals surface area contributed by atoms with Gasteiger partial charge in [0.1, 0.15) is 34.4 Å². The molecule has 0 saturated carbocycles. The monoisotopic (exact) mass is 640 g/mol. The Morgan fingerprint density at radius 3 is 2.49 bits per heavy atom. The molecule has 3 aromatic heterocycles. The van der Waals surface area contributed by atoms with Gasteiger partial charge in [-0.05, 0) is 94.0 Å². The Kier molecular flexibility index (Phi) is 10.2. The Hall–Kier alpha value is -4.27. The van der Waals surface area contributed by atoms with Crippen molar-refractivity contribution in [3.8, 4) is 17.2 Å². The molecule has 11 heteroatoms. The van der Waals surface area contributed by atoms with Crippen LogP contribution in [0.1, 0.15) is 47.3 Å². The first-order valence-corrected chi connectivity index (χ1v) is 16.0. The molecule has 0 aliphatic heterocycles. The van der Waals surface area contributed by atoms with E-state index in [1.807, 2.05) is 49.6 Å². The Balaban J connectivity index is 1.35. The Labute approximate surface area is 272 Å². The summed E-state index contributed by atoms with van der Waals surface area (Å²) in [5.74, 6) is 0.442. The molecule has 0 saturated heterocycles. The third-order valence-electron chi connectivity index (χ3n) is 7.83. The highest BCUT2D eigenvalue weighted by molar-refractivity contribution is 7.15. The predicted octanol–water partition coefficient (Wildman–Crippen LogP) is 6.36. The lowest BCUT2D eigenvalue weighted by molar-refractivity contribution is 0.270. The molecule has 0 spiro atoms. The fourth-order valence-corrected chi connectivity index (χ4v) is 6.61. The first-order valence-electron chi connectivity index (χ1n) is 14.8. The van der Waals surface area contributed by atoms with Crippen LogP contribution in [0.25, 0.3) is 16.0 Å². The summed E-state index contributed by atoms with van der Waals surface area (Å²) in [5.41, 5.74) is 11.6. The minimum absolute atomic E-state index is 0.0770. The van der Waals surface area contributed by atoms with Crippen molar-refractivity contribution >= 4 is 39.4 Å². The van der Waals surface area contributed by atoms with Crippen LogP contribution in [0.4, 0.5) is 11.6 Å². The Bertz CT molecular complexity index is 1900. The first kappa shape index (κ1) is 32.1. The van der Waals surface area contributed by atoms with Crippen LogP contribution in [0.2, 0.25) is 5.02 Å². The molecule has 2 aromatic carbocycles. The molecule has 5 rings (SSSR count). The van der Waals surface area contributed by atoms with Gasteiger partial charge in [-0.25, -0.2) is 9.97 Å². The third kappa shape index (κ3) is 7.52. The lowest BCUT2D eigenvalue weighted by atomic mass is 9.95. The van der Waals surface area contributed by atoms with E-state index in [0.29, 0.717) is 11.4 Å². The smallest absolute Gasteiger partial charge is 0.264 e. The zero-order valence-electron chi connectivity index (χ0n) is 25.9. The van der Waals surface area contributed by atoms with Crippen LogP contribution in [-0.4, -0.2) is 51.4 Å². The normalized spacial score (nSPS) is 12.1. The van der Waals surface area contributed by atoms with Gasteiger partial charge >= 0.3 is 0 Å². The molecule has 0 radical (unpaired) electrons. The number of hydrogen-bond donors (Lipinski definition) is 2. The molecule has 0 aliphatic carbocycles. The number of halogens is 1. The van der Waals surface area contributed by atoms with Crippen LogP contribution in [0, 0.1) is 18.3 Å². The molecule has 0 unspecified atom stereocenters. The lowest BCUT2D eigenvalue weighted by Crippen LogP contribution is -2.25. The summed E-state index contributed by atoms with van der Waals surface area (Å²) in [6.07, 6.45) is 2.35. The van der Waals surface area contributed by atoms with Crippen molar-refractivity contribution in [3.63, 3.8) is 0 Å². The number of thiazole rings is 1. The number of anilines is 2. The summed E-state index contributed by atoms with van der Waals surface area (Å²) in [4.78, 5) is 27.7. The molecule has 0 fully saturated rings. The van der Waals surface area contributed by atoms with Gasteiger partial charge in [-0.15, -0.1) is 11.3 Å². The van der Waals surface area contributed by atoms with Gasteiger partial charge in [0.2, 0.25) is 0 Å². The van der Waals surface area contributed by atoms with Crippen molar-refractivity contribution in [1.82, 2.24) is 24.2 Å². The molecule has 45 heavy (non-hydrogen) atoms. The Morgan fingerprint density at radius 1 is 1.07 bits per heavy atom. The Morgan fingerprint density at radius 2 is 1.78 bits per heavy atom. The number of aromatic nitrogens is 3. The average Bonchev–Trinajstić information content (AvgIpc) is 3.39. The molecular weight excluding hydrogens is 604 g/mol. The minimum Gasteiger partial charge on any atom is -0.382 e. The summed E-state index contributed by atoms with van der Waals surface area (Å²) < 4.78 is 1.76. The van der Waals surface area contributed by atoms with Gasteiger partial charge in [0, 0.05) is 29.2 Å². The summed E-state index contributed by atoms with van der Waals surface area (Å²) >= 11 is 7.54. The number of nitrogens with two attached hydrogens (primary N) is 1. The van der Waals surface area contributed by atoms with Crippen LogP contribution >= 0.6 is 22.9 Å². The summed E-state index contributed by atoms with van der Waals surface area (Å²) in [6.45, 7) is 7.44. The van der Waals surface area contributed by atoms with E-state index in [1.54, 1.807) is 4.40 Å². The number of pyridine rings is 1. The summed E-state index contributed by atoms with van der Waals surface area (Å²) in [6, 6.07) is 20.0. The van der Waals surface area contributed by atoms with Crippen LogP contribution in [0.3, 0.4) is 0 Å². The van der Waals surface area contributed by atoms with Gasteiger partial charge in [-0.3, -0.25) is 9.20 Å². The van der Waals surface area contributed by atoms with Crippen LogP contribution in [-0.2, 0) is 13.1 Å². The maximum Gasteiger partial charge on any atom is 0.264 e. The van der Waals surface area contributed by atoms with Gasteiger partial charge in [-0.2, -0.15) is 5.26 Å². The quantitative estimate of drug-likeness (QED) is 0.162. The number of nitriles is 1. The van der Waals surface area contributed by atoms with Gasteiger partial charge in [-0.1, -0.05) is 41.9 Å². The molecular formula is C34H37ClN8OS. The summed E-state index contributed by atoms with van der Waals surface area (Å²) in [7, 11) is 4.26. The van der Waals surface area contributed by atoms with Crippen molar-refractivity contribution in [2.45, 2.75) is 39.4 Å². The van der Waals surface area contributed by atoms with Crippen LogP contribution in [0.5, 0.6) is 0 Å². The van der Waals surface area contributed by atoms with E-state index in [-0.39, 0.29) is 23.0 Å². The number of fused-ring (bicyclic) bond motifs is 1. The van der Waals surface area contributed by atoms with E-state index in [0.717, 1.165) is 64.8 Å². The number of hydrogen-bond acceptors (Lipinski definition) is 9. The molecule has 0 amide bonds. The first-order chi connectivity index (χ1) is 21.6. The maximum absolute atomic E-state index is 14.1. The molecule has 1 atom stereocenters. The number of benzene rings is 2. The predicted molar refractivity (Wildman–Crippen MR) is 184 cm³/mol. The SMILES string of the molecule is Cc1csc2cc([C@H](C)Nc3ncnc(N)c3C#N)c(-c3cccc(CN(C)CCCN(C)Cc4ccc(Cl)cc4)c3)c(=O)n12. The van der Waals surface area contributed by atoms with Crippen molar-refractivity contribution in [1.29, 1.82) is 5.26 Å². The molecule has 0 bridgehead atoms. The highest BCUT2D eigenvalue weighted by Crippen LogP contribution is 2.32. The second-order valence-electron chi connectivity index (χ2n) is 11.4. The highest BCUT2D eigenvalue weighted by Gasteiger charge is 2.21. The standard InChI is InChI=1S/C34H37ClN8OS/c1-22-20-45-30-16-28(23(2)40-33-29(17-36)32(37)38-21-39-33)31(34(44)43(22)30)26-8-5-7-25(15-26)19-42(4)14-6-13-41(3)18-24-9-11-27(35)12-10-24/h5,7-12,15-16,20-21,23H,6,13-14,18-19H2,1-4H3,(H3,37,38,39,40)/t23-/m0/s1. The van der Waals surface area contributed by atoms with Crippen LogP contribution < -0.4 is 16.6 Å². The molecule has 5 aromatic rings. The van der Waals surface area contributed by atoms with Crippen molar-refractivity contribution in [2.75, 3.05) is 38.2 Å². The van der Waals surface area contributed by atoms with Crippen molar-refractivity contribution in [2.24, 2.45) is 0 Å². The second kappa shape index (κ2) is 14.2. The van der Waals surface area contributed by atoms with E-state index in [4.69, 9.17) is 17.3 Å². The maximum atomic E-state index is 14.1. The molecule has 3 heterocycles. The molecule has 0 aliphatic rings. The van der Waals surface area contributed by atoms with Crippen molar-refractivity contribution < 1.29 is 0 Å². The number of nitrogen functional groups attached to an aromatic ring is 1. The number of nitrogens with one attached hydrogen (secondary N) is 1. The highest BCUT2D eigenvalue weighted by atomic mass is 35.5. The van der Waals surface area contributed by atoms with E-state index in [2.05, 4.69) is 69.5 Å². The van der Waals surface area contributed by atoms with Gasteiger partial charge in [0.25, 0.3) is 5.56 Å². The summed E-state index contributed by atoms with van der Waals surface area (Å²) in [5, 5.41) is 15.7. The topological polar surface area (TPSA) is 116 Å². The van der Waals surface area contributed by atoms with E-state index >= 15 is 0 Å². The fraction of sp³-hybridized carbons (Fsp3) is 0.294. The van der Waals surface area contributed by atoms with E-state index in [1.165, 1.54) is 23.2 Å². The zero-order chi connectivity index (χ0) is 32.1. The van der Waals surface area contributed by atoms with E-state index in [9.17, 15) is 10.1 Å². The lowest BCUT2D eigenvalue weighted by Gasteiger charge is -2.22. The molecule has 9 nitrogen and oxygen atoms in total.